The molecule has 0 saturated carbocycles. The largest absolute Gasteiger partial charge is 0.462 e. The van der Waals surface area contributed by atoms with Gasteiger partial charge < -0.3 is 24.8 Å². The monoisotopic (exact) mass is 549 g/mol. The van der Waals surface area contributed by atoms with Gasteiger partial charge in [-0.1, -0.05) is 25.1 Å². The predicted molar refractivity (Wildman–Crippen MR) is 136 cm³/mol. The van der Waals surface area contributed by atoms with Gasteiger partial charge in [0.2, 0.25) is 0 Å². The van der Waals surface area contributed by atoms with E-state index in [4.69, 9.17) is 24.3 Å². The molecule has 4 N–H and O–H groups in total. The van der Waals surface area contributed by atoms with Gasteiger partial charge in [-0.15, -0.1) is 0 Å². The van der Waals surface area contributed by atoms with Crippen LogP contribution in [-0.2, 0) is 23.4 Å². The summed E-state index contributed by atoms with van der Waals surface area (Å²) in [5.41, 5.74) is 3.18. The quantitative estimate of drug-likeness (QED) is 0.274. The molecule has 1 fully saturated rings. The van der Waals surface area contributed by atoms with Crippen molar-refractivity contribution in [2.75, 3.05) is 12.3 Å². The number of nitrogens with one attached hydrogen (secondary N) is 1. The summed E-state index contributed by atoms with van der Waals surface area (Å²) in [6.45, 7) is 5.96. The maximum atomic E-state index is 13.8. The average molecular weight is 550 g/mol. The Morgan fingerprint density at radius 1 is 1.37 bits per heavy atom. The molecule has 1 aliphatic heterocycles. The second-order valence-corrected chi connectivity index (χ2v) is 10.9. The van der Waals surface area contributed by atoms with Gasteiger partial charge in [0.1, 0.15) is 35.2 Å². The van der Waals surface area contributed by atoms with Crippen molar-refractivity contribution < 1.29 is 33.0 Å². The second kappa shape index (κ2) is 12.1. The van der Waals surface area contributed by atoms with Crippen molar-refractivity contribution >= 4 is 19.5 Å². The number of nitrogen functional groups attached to an aromatic ring is 1. The van der Waals surface area contributed by atoms with Gasteiger partial charge in [-0.05, 0) is 45.4 Å². The molecule has 2 heterocycles. The molecule has 1 aromatic carbocycles. The Bertz CT molecular complexity index is 1270. The lowest BCUT2D eigenvalue weighted by atomic mass is 9.84. The number of para-hydroxylation sites is 1. The Labute approximate surface area is 220 Å². The molecule has 1 unspecified atom stereocenters. The number of esters is 1. The molecule has 6 atom stereocenters. The summed E-state index contributed by atoms with van der Waals surface area (Å²) < 4.78 is 37.2. The third-order valence-corrected chi connectivity index (χ3v) is 7.43. The molecule has 0 radical (unpaired) electrons. The van der Waals surface area contributed by atoms with Gasteiger partial charge >= 0.3 is 19.4 Å². The normalized spacial score (nSPS) is 25.3. The van der Waals surface area contributed by atoms with E-state index in [1.54, 1.807) is 51.1 Å². The first-order chi connectivity index (χ1) is 17.9. The van der Waals surface area contributed by atoms with Crippen molar-refractivity contribution in [1.29, 1.82) is 5.26 Å². The van der Waals surface area contributed by atoms with E-state index in [0.717, 1.165) is 4.57 Å². The van der Waals surface area contributed by atoms with E-state index in [-0.39, 0.29) is 18.0 Å². The smallest absolute Gasteiger partial charge is 0.459 e. The van der Waals surface area contributed by atoms with Crippen LogP contribution in [0.3, 0.4) is 0 Å². The van der Waals surface area contributed by atoms with E-state index in [2.05, 4.69) is 10.1 Å². The summed E-state index contributed by atoms with van der Waals surface area (Å²) in [5.74, 6) is -0.468. The van der Waals surface area contributed by atoms with Crippen LogP contribution in [0.1, 0.15) is 40.3 Å². The van der Waals surface area contributed by atoms with E-state index >= 15 is 0 Å². The summed E-state index contributed by atoms with van der Waals surface area (Å²) in [6.07, 6.45) is -2.79. The highest BCUT2D eigenvalue weighted by atomic mass is 31.2. The van der Waals surface area contributed by atoms with Crippen LogP contribution < -0.4 is 21.0 Å². The van der Waals surface area contributed by atoms with E-state index in [1.807, 2.05) is 6.07 Å². The van der Waals surface area contributed by atoms with E-state index in [9.17, 15) is 24.5 Å². The van der Waals surface area contributed by atoms with Gasteiger partial charge in [-0.3, -0.25) is 13.9 Å². The number of carbonyl (C=O) groups is 1. The highest BCUT2D eigenvalue weighted by Gasteiger charge is 2.55. The molecule has 1 aromatic heterocycles. The molecule has 38 heavy (non-hydrogen) atoms. The Balaban J connectivity index is 1.85. The lowest BCUT2D eigenvalue weighted by Gasteiger charge is -2.26. The molecule has 3 rings (SSSR count). The van der Waals surface area contributed by atoms with Crippen LogP contribution in [0.2, 0.25) is 0 Å². The predicted octanol–water partition coefficient (Wildman–Crippen LogP) is 2.14. The number of hydrogen-bond donors (Lipinski definition) is 3. The highest BCUT2D eigenvalue weighted by Crippen LogP contribution is 2.49. The number of benzene rings is 1. The molecule has 0 amide bonds. The molecule has 14 heteroatoms. The minimum absolute atomic E-state index is 0.0186. The van der Waals surface area contributed by atoms with E-state index in [0.29, 0.717) is 0 Å². The first kappa shape index (κ1) is 29.3. The zero-order valence-electron chi connectivity index (χ0n) is 21.5. The Morgan fingerprint density at radius 3 is 2.63 bits per heavy atom. The molecule has 0 bridgehead atoms. The van der Waals surface area contributed by atoms with Crippen molar-refractivity contribution in [2.24, 2.45) is 5.41 Å². The molecule has 2 aromatic rings. The summed E-state index contributed by atoms with van der Waals surface area (Å²) in [7, 11) is -4.27. The van der Waals surface area contributed by atoms with Crippen molar-refractivity contribution in [3.63, 3.8) is 0 Å². The minimum Gasteiger partial charge on any atom is -0.462 e. The fraction of sp³-hybridized carbons (Fsp3) is 0.500. The fourth-order valence-corrected chi connectivity index (χ4v) is 5.41. The number of anilines is 1. The molecule has 0 spiro atoms. The summed E-state index contributed by atoms with van der Waals surface area (Å²) in [6, 6.07) is 10.5. The molecular formula is C24H32N5O8P. The van der Waals surface area contributed by atoms with Gasteiger partial charge in [0.05, 0.1) is 18.8 Å². The third kappa shape index (κ3) is 6.59. The number of ether oxygens (including phenoxy) is 2. The van der Waals surface area contributed by atoms with Gasteiger partial charge in [-0.2, -0.15) is 15.3 Å². The number of nitrogens with two attached hydrogens (primary N) is 1. The van der Waals surface area contributed by atoms with Crippen molar-refractivity contribution in [3.05, 3.63) is 53.1 Å². The number of aromatic nitrogens is 2. The lowest BCUT2D eigenvalue weighted by Crippen LogP contribution is -2.40. The Morgan fingerprint density at radius 2 is 2.05 bits per heavy atom. The zero-order chi connectivity index (χ0) is 28.1. The van der Waals surface area contributed by atoms with Crippen molar-refractivity contribution in [2.45, 2.75) is 64.7 Å². The van der Waals surface area contributed by atoms with Crippen LogP contribution in [0, 0.1) is 16.7 Å². The third-order valence-electron chi connectivity index (χ3n) is 5.86. The number of carbonyl (C=O) groups excluding carboxylic acids is 1. The number of nitrogens with zero attached hydrogens (tertiary/aromatic N) is 3. The standard InChI is InChI=1S/C24H32N5O8P/c1-5-17(21(31)35-15(2)3)28-38(33,37-16-9-7-6-8-10-16)34-13-18-20(30)24(4,14-25)22(36-18)29-12-11-19(26)27-23(29)32/h6-12,15,17-18,20,22,30H,5,13H2,1-4H3,(H,28,33)(H2,26,27,32)/t17-,18-,20-,22-,24-,38?/m1/s1. The minimum atomic E-state index is -4.27. The molecule has 0 aliphatic carbocycles. The van der Waals surface area contributed by atoms with Gasteiger partial charge in [0.25, 0.3) is 0 Å². The molecule has 1 aliphatic rings. The van der Waals surface area contributed by atoms with Crippen LogP contribution >= 0.6 is 7.75 Å². The van der Waals surface area contributed by atoms with Crippen LogP contribution in [0.15, 0.2) is 47.4 Å². The molecule has 13 nitrogen and oxygen atoms in total. The fourth-order valence-electron chi connectivity index (χ4n) is 3.82. The van der Waals surface area contributed by atoms with Crippen LogP contribution in [0.4, 0.5) is 5.82 Å². The average Bonchev–Trinajstić information content (AvgIpc) is 3.12. The lowest BCUT2D eigenvalue weighted by molar-refractivity contribution is -0.149. The Kier molecular flexibility index (Phi) is 9.30. The topological polar surface area (TPSA) is 188 Å². The second-order valence-electron chi connectivity index (χ2n) is 9.18. The van der Waals surface area contributed by atoms with Gasteiger partial charge in [0, 0.05) is 6.20 Å². The van der Waals surface area contributed by atoms with Crippen molar-refractivity contribution in [1.82, 2.24) is 14.6 Å². The summed E-state index contributed by atoms with van der Waals surface area (Å²) in [5, 5.41) is 23.5. The number of rotatable bonds is 11. The number of nitriles is 1. The number of aliphatic hydroxyl groups excluding tert-OH is 1. The molecule has 206 valence electrons. The van der Waals surface area contributed by atoms with Crippen LogP contribution in [-0.4, -0.2) is 51.6 Å². The van der Waals surface area contributed by atoms with Crippen LogP contribution in [0.25, 0.3) is 0 Å². The first-order valence-corrected chi connectivity index (χ1v) is 13.5. The summed E-state index contributed by atoms with van der Waals surface area (Å²) in [4.78, 5) is 28.6. The maximum absolute atomic E-state index is 13.8. The number of aliphatic hydroxyl groups is 1. The molecule has 1 saturated heterocycles. The summed E-state index contributed by atoms with van der Waals surface area (Å²) >= 11 is 0. The first-order valence-electron chi connectivity index (χ1n) is 12.0. The van der Waals surface area contributed by atoms with E-state index < -0.39 is 62.0 Å². The molecular weight excluding hydrogens is 517 g/mol. The van der Waals surface area contributed by atoms with Crippen LogP contribution in [0.5, 0.6) is 5.75 Å². The zero-order valence-corrected chi connectivity index (χ0v) is 22.4. The maximum Gasteiger partial charge on any atom is 0.459 e. The Hall–Kier alpha value is -3.27. The highest BCUT2D eigenvalue weighted by molar-refractivity contribution is 7.52. The van der Waals surface area contributed by atoms with Gasteiger partial charge in [0.15, 0.2) is 6.23 Å². The number of hydrogen-bond acceptors (Lipinski definition) is 11. The SMILES string of the molecule is CC[C@@H](NP(=O)(OC[C@H]1O[C@@H](n2ccc(N)nc2=O)[C@](C)(C#N)[C@@H]1O)Oc1ccccc1)C(=O)OC(C)C. The van der Waals surface area contributed by atoms with Crippen molar-refractivity contribution in [3.8, 4) is 11.8 Å². The van der Waals surface area contributed by atoms with Gasteiger partial charge in [-0.25, -0.2) is 9.36 Å². The van der Waals surface area contributed by atoms with E-state index in [1.165, 1.54) is 19.2 Å².